The van der Waals surface area contributed by atoms with E-state index in [1.165, 1.54) is 0 Å². The smallest absolute Gasteiger partial charge is 0.106 e. The molecule has 0 saturated carbocycles. The van der Waals surface area contributed by atoms with Gasteiger partial charge < -0.3 is 9.47 Å². The second kappa shape index (κ2) is 7.43. The van der Waals surface area contributed by atoms with Gasteiger partial charge in [-0.2, -0.15) is 0 Å². The predicted octanol–water partition coefficient (Wildman–Crippen LogP) is 4.35. The minimum absolute atomic E-state index is 0.0432. The molecule has 0 spiro atoms. The third-order valence-electron chi connectivity index (χ3n) is 2.89. The molecule has 3 heteroatoms. The Kier molecular flexibility index (Phi) is 5.58. The van der Waals surface area contributed by atoms with Crippen LogP contribution in [0.5, 0.6) is 0 Å². The fraction of sp³-hybridized carbons (Fsp3) is 0.250. The molecular formula is C16H17BrO2. The van der Waals surface area contributed by atoms with Crippen molar-refractivity contribution < 1.29 is 9.47 Å². The minimum atomic E-state index is -0.0432. The lowest BCUT2D eigenvalue weighted by Crippen LogP contribution is -2.10. The van der Waals surface area contributed by atoms with Gasteiger partial charge in [-0.1, -0.05) is 64.5 Å². The van der Waals surface area contributed by atoms with Crippen LogP contribution in [0.15, 0.2) is 59.1 Å². The molecule has 2 rings (SSSR count). The van der Waals surface area contributed by atoms with Gasteiger partial charge in [-0.05, 0) is 17.2 Å². The fourth-order valence-electron chi connectivity index (χ4n) is 1.87. The summed E-state index contributed by atoms with van der Waals surface area (Å²) in [4.78, 5) is 0. The Morgan fingerprint density at radius 3 is 2.37 bits per heavy atom. The molecule has 2 aromatic rings. The summed E-state index contributed by atoms with van der Waals surface area (Å²) < 4.78 is 12.3. The van der Waals surface area contributed by atoms with E-state index in [2.05, 4.69) is 34.1 Å². The Morgan fingerprint density at radius 1 is 1.00 bits per heavy atom. The Labute approximate surface area is 122 Å². The lowest BCUT2D eigenvalue weighted by atomic mass is 10.1. The Hall–Kier alpha value is -1.16. The van der Waals surface area contributed by atoms with E-state index in [9.17, 15) is 0 Å². The molecule has 0 heterocycles. The number of benzene rings is 2. The fourth-order valence-corrected chi connectivity index (χ4v) is 2.26. The molecule has 0 aliphatic carbocycles. The first-order valence-corrected chi connectivity index (χ1v) is 6.99. The van der Waals surface area contributed by atoms with Gasteiger partial charge in [-0.25, -0.2) is 0 Å². The molecule has 0 saturated heterocycles. The monoisotopic (exact) mass is 320 g/mol. The molecule has 2 aromatic carbocycles. The first-order valence-electron chi connectivity index (χ1n) is 6.20. The summed E-state index contributed by atoms with van der Waals surface area (Å²) in [6.45, 7) is 1.11. The maximum Gasteiger partial charge on any atom is 0.106 e. The average molecular weight is 321 g/mol. The molecule has 0 radical (unpaired) electrons. The summed E-state index contributed by atoms with van der Waals surface area (Å²) in [7, 11) is 1.69. The van der Waals surface area contributed by atoms with E-state index < -0.39 is 0 Å². The summed E-state index contributed by atoms with van der Waals surface area (Å²) in [5.41, 5.74) is 2.27. The zero-order valence-electron chi connectivity index (χ0n) is 10.9. The SMILES string of the molecule is COC[C@@H](OCc1ccccc1Br)c1ccccc1. The molecule has 0 N–H and O–H groups in total. The average Bonchev–Trinajstić information content (AvgIpc) is 2.46. The molecule has 19 heavy (non-hydrogen) atoms. The third-order valence-corrected chi connectivity index (χ3v) is 3.66. The van der Waals surface area contributed by atoms with Crippen molar-refractivity contribution in [3.8, 4) is 0 Å². The van der Waals surface area contributed by atoms with Crippen molar-refractivity contribution in [2.45, 2.75) is 12.7 Å². The van der Waals surface area contributed by atoms with Crippen molar-refractivity contribution in [1.29, 1.82) is 0 Å². The van der Waals surface area contributed by atoms with Crippen molar-refractivity contribution >= 4 is 15.9 Å². The molecular weight excluding hydrogens is 304 g/mol. The number of rotatable bonds is 6. The van der Waals surface area contributed by atoms with Crippen LogP contribution in [0.25, 0.3) is 0 Å². The van der Waals surface area contributed by atoms with E-state index in [4.69, 9.17) is 9.47 Å². The van der Waals surface area contributed by atoms with Gasteiger partial charge in [0.25, 0.3) is 0 Å². The van der Waals surface area contributed by atoms with Gasteiger partial charge in [0.1, 0.15) is 6.10 Å². The Morgan fingerprint density at radius 2 is 1.68 bits per heavy atom. The van der Waals surface area contributed by atoms with Crippen LogP contribution in [0.1, 0.15) is 17.2 Å². The first-order chi connectivity index (χ1) is 9.31. The molecule has 0 amide bonds. The summed E-state index contributed by atoms with van der Waals surface area (Å²) in [6.07, 6.45) is -0.0432. The lowest BCUT2D eigenvalue weighted by molar-refractivity contribution is -0.0130. The van der Waals surface area contributed by atoms with Crippen LogP contribution >= 0.6 is 15.9 Å². The van der Waals surface area contributed by atoms with Crippen molar-refractivity contribution in [2.24, 2.45) is 0 Å². The number of ether oxygens (including phenoxy) is 2. The molecule has 2 nitrogen and oxygen atoms in total. The van der Waals surface area contributed by atoms with Crippen LogP contribution in [-0.4, -0.2) is 13.7 Å². The highest BCUT2D eigenvalue weighted by Gasteiger charge is 2.12. The molecule has 0 bridgehead atoms. The summed E-state index contributed by atoms with van der Waals surface area (Å²) in [6, 6.07) is 18.2. The van der Waals surface area contributed by atoms with Gasteiger partial charge in [0.2, 0.25) is 0 Å². The third kappa shape index (κ3) is 4.16. The highest BCUT2D eigenvalue weighted by molar-refractivity contribution is 9.10. The summed E-state index contributed by atoms with van der Waals surface area (Å²) in [5, 5.41) is 0. The van der Waals surface area contributed by atoms with Gasteiger partial charge in [0.05, 0.1) is 13.2 Å². The number of hydrogen-bond acceptors (Lipinski definition) is 2. The second-order valence-corrected chi connectivity index (χ2v) is 5.11. The first kappa shape index (κ1) is 14.3. The standard InChI is InChI=1S/C16H17BrO2/c1-18-12-16(13-7-3-2-4-8-13)19-11-14-9-5-6-10-15(14)17/h2-10,16H,11-12H2,1H3/t16-/m1/s1. The lowest BCUT2D eigenvalue weighted by Gasteiger charge is -2.18. The quantitative estimate of drug-likeness (QED) is 0.787. The van der Waals surface area contributed by atoms with E-state index in [0.717, 1.165) is 15.6 Å². The van der Waals surface area contributed by atoms with Crippen molar-refractivity contribution in [3.63, 3.8) is 0 Å². The largest absolute Gasteiger partial charge is 0.382 e. The van der Waals surface area contributed by atoms with Gasteiger partial charge in [0.15, 0.2) is 0 Å². The van der Waals surface area contributed by atoms with Gasteiger partial charge in [-0.3, -0.25) is 0 Å². The van der Waals surface area contributed by atoms with E-state index >= 15 is 0 Å². The summed E-state index contributed by atoms with van der Waals surface area (Å²) >= 11 is 3.53. The van der Waals surface area contributed by atoms with Crippen LogP contribution < -0.4 is 0 Å². The predicted molar refractivity (Wildman–Crippen MR) is 80.0 cm³/mol. The highest BCUT2D eigenvalue weighted by atomic mass is 79.9. The molecule has 0 aliphatic heterocycles. The maximum atomic E-state index is 5.98. The van der Waals surface area contributed by atoms with Gasteiger partial charge >= 0.3 is 0 Å². The Balaban J connectivity index is 2.04. The second-order valence-electron chi connectivity index (χ2n) is 4.26. The van der Waals surface area contributed by atoms with E-state index in [1.54, 1.807) is 7.11 Å². The molecule has 0 aliphatic rings. The van der Waals surface area contributed by atoms with E-state index in [1.807, 2.05) is 36.4 Å². The van der Waals surface area contributed by atoms with Crippen LogP contribution in [0.2, 0.25) is 0 Å². The van der Waals surface area contributed by atoms with E-state index in [0.29, 0.717) is 13.2 Å². The maximum absolute atomic E-state index is 5.98. The molecule has 0 aromatic heterocycles. The molecule has 0 unspecified atom stereocenters. The van der Waals surface area contributed by atoms with Gasteiger partial charge in [0, 0.05) is 11.6 Å². The minimum Gasteiger partial charge on any atom is -0.382 e. The van der Waals surface area contributed by atoms with Crippen LogP contribution in [-0.2, 0) is 16.1 Å². The topological polar surface area (TPSA) is 18.5 Å². The molecule has 100 valence electrons. The highest BCUT2D eigenvalue weighted by Crippen LogP contribution is 2.22. The van der Waals surface area contributed by atoms with Crippen molar-refractivity contribution in [1.82, 2.24) is 0 Å². The normalized spacial score (nSPS) is 12.3. The number of halogens is 1. The summed E-state index contributed by atoms with van der Waals surface area (Å²) in [5.74, 6) is 0. The van der Waals surface area contributed by atoms with Crippen LogP contribution in [0.4, 0.5) is 0 Å². The van der Waals surface area contributed by atoms with Crippen molar-refractivity contribution in [3.05, 3.63) is 70.2 Å². The molecule has 1 atom stereocenters. The zero-order valence-corrected chi connectivity index (χ0v) is 12.5. The van der Waals surface area contributed by atoms with Gasteiger partial charge in [-0.15, -0.1) is 0 Å². The van der Waals surface area contributed by atoms with Crippen LogP contribution in [0, 0.1) is 0 Å². The number of hydrogen-bond donors (Lipinski definition) is 0. The van der Waals surface area contributed by atoms with E-state index in [-0.39, 0.29) is 6.10 Å². The zero-order chi connectivity index (χ0) is 13.5. The van der Waals surface area contributed by atoms with Crippen LogP contribution in [0.3, 0.4) is 0 Å². The Bertz CT molecular complexity index is 499. The van der Waals surface area contributed by atoms with Crippen molar-refractivity contribution in [2.75, 3.05) is 13.7 Å². The molecule has 0 fully saturated rings. The number of methoxy groups -OCH3 is 1.